The quantitative estimate of drug-likeness (QED) is 0.536. The lowest BCUT2D eigenvalue weighted by Gasteiger charge is -2.38. The van der Waals surface area contributed by atoms with E-state index in [2.05, 4.69) is 5.32 Å². The second-order valence-corrected chi connectivity index (χ2v) is 8.49. The lowest BCUT2D eigenvalue weighted by Crippen LogP contribution is -2.41. The minimum Gasteiger partial charge on any atom is -0.497 e. The van der Waals surface area contributed by atoms with Crippen molar-refractivity contribution in [1.82, 2.24) is 5.32 Å². The molecule has 1 N–H and O–H groups in total. The molecule has 0 saturated carbocycles. The second-order valence-electron chi connectivity index (χ2n) is 7.51. The number of nitrogens with zero attached hydrogens (tertiary/aromatic N) is 1. The number of nitrogens with one attached hydrogen (secondary N) is 1. The number of hydrogen-bond donors (Lipinski definition) is 1. The van der Waals surface area contributed by atoms with Crippen LogP contribution in [-0.2, 0) is 10.5 Å². The maximum atomic E-state index is 12.5. The zero-order chi connectivity index (χ0) is 21.0. The molecule has 0 radical (unpaired) electrons. The van der Waals surface area contributed by atoms with Crippen molar-refractivity contribution in [3.05, 3.63) is 63.7 Å². The number of rotatable bonds is 7. The summed E-state index contributed by atoms with van der Waals surface area (Å²) in [4.78, 5) is 22.8. The van der Waals surface area contributed by atoms with Crippen LogP contribution >= 0.6 is 11.8 Å². The van der Waals surface area contributed by atoms with Gasteiger partial charge in [0.05, 0.1) is 23.8 Å². The summed E-state index contributed by atoms with van der Waals surface area (Å²) in [6.45, 7) is 4.01. The van der Waals surface area contributed by atoms with Crippen LogP contribution in [0.25, 0.3) is 0 Å². The van der Waals surface area contributed by atoms with Crippen molar-refractivity contribution in [3.8, 4) is 11.5 Å². The Labute approximate surface area is 173 Å². The van der Waals surface area contributed by atoms with Crippen LogP contribution in [0.3, 0.4) is 0 Å². The molecule has 1 amide bonds. The molecule has 1 atom stereocenters. The molecule has 3 rings (SSSR count). The average Bonchev–Trinajstić information content (AvgIpc) is 2.67. The predicted octanol–water partition coefficient (Wildman–Crippen LogP) is 4.26. The largest absolute Gasteiger partial charge is 0.497 e. The predicted molar refractivity (Wildman–Crippen MR) is 112 cm³/mol. The number of carbonyl (C=O) groups is 1. The topological polar surface area (TPSA) is 90.7 Å². The summed E-state index contributed by atoms with van der Waals surface area (Å²) in [5.74, 6) is 2.32. The third-order valence-corrected chi connectivity index (χ3v) is 5.66. The number of carbonyl (C=O) groups excluding carboxylic acids is 1. The molecule has 8 heteroatoms. The Hall–Kier alpha value is -2.74. The summed E-state index contributed by atoms with van der Waals surface area (Å²) in [7, 11) is 1.61. The van der Waals surface area contributed by atoms with Gasteiger partial charge in [-0.05, 0) is 37.6 Å². The standard InChI is InChI=1S/C21H24N2O5S/c1-21(2)11-18(17-10-16(27-3)8-9-19(17)28-21)22-20(24)13-29-12-14-4-6-15(7-5-14)23(25)26/h4-10,18H,11-13H2,1-3H3,(H,22,24)/t18-/m0/s1. The fourth-order valence-electron chi connectivity index (χ4n) is 3.30. The first-order valence-corrected chi connectivity index (χ1v) is 10.4. The number of nitro groups is 1. The lowest BCUT2D eigenvalue weighted by molar-refractivity contribution is -0.384. The van der Waals surface area contributed by atoms with Gasteiger partial charge >= 0.3 is 0 Å². The van der Waals surface area contributed by atoms with E-state index in [0.717, 1.165) is 22.6 Å². The minimum absolute atomic E-state index is 0.0617. The van der Waals surface area contributed by atoms with E-state index in [1.165, 1.54) is 23.9 Å². The minimum atomic E-state index is -0.424. The fourth-order valence-corrected chi connectivity index (χ4v) is 4.10. The van der Waals surface area contributed by atoms with Crippen LogP contribution in [0.2, 0.25) is 0 Å². The van der Waals surface area contributed by atoms with Gasteiger partial charge in [0, 0.05) is 29.9 Å². The number of amides is 1. The molecule has 1 aliphatic rings. The molecule has 7 nitrogen and oxygen atoms in total. The molecule has 0 bridgehead atoms. The fraction of sp³-hybridized carbons (Fsp3) is 0.381. The Balaban J connectivity index is 1.59. The monoisotopic (exact) mass is 416 g/mol. The zero-order valence-electron chi connectivity index (χ0n) is 16.6. The average molecular weight is 416 g/mol. The molecule has 1 heterocycles. The molecule has 0 unspecified atom stereocenters. The van der Waals surface area contributed by atoms with Crippen molar-refractivity contribution >= 4 is 23.4 Å². The summed E-state index contributed by atoms with van der Waals surface area (Å²) in [5, 5.41) is 13.8. The van der Waals surface area contributed by atoms with Gasteiger partial charge in [-0.25, -0.2) is 0 Å². The van der Waals surface area contributed by atoms with Gasteiger partial charge in [-0.1, -0.05) is 12.1 Å². The number of hydrogen-bond acceptors (Lipinski definition) is 6. The van der Waals surface area contributed by atoms with Crippen LogP contribution in [0.1, 0.15) is 37.4 Å². The van der Waals surface area contributed by atoms with Crippen molar-refractivity contribution in [2.75, 3.05) is 12.9 Å². The van der Waals surface area contributed by atoms with Crippen molar-refractivity contribution in [3.63, 3.8) is 0 Å². The molecule has 154 valence electrons. The van der Waals surface area contributed by atoms with Gasteiger partial charge in [0.1, 0.15) is 17.1 Å². The van der Waals surface area contributed by atoms with E-state index in [1.54, 1.807) is 19.2 Å². The van der Waals surface area contributed by atoms with Gasteiger partial charge in [-0.3, -0.25) is 14.9 Å². The molecule has 0 aromatic heterocycles. The maximum absolute atomic E-state index is 12.5. The Kier molecular flexibility index (Phi) is 6.32. The molecule has 0 saturated heterocycles. The Bertz CT molecular complexity index is 898. The van der Waals surface area contributed by atoms with E-state index in [4.69, 9.17) is 9.47 Å². The molecule has 0 aliphatic carbocycles. The number of methoxy groups -OCH3 is 1. The van der Waals surface area contributed by atoms with Gasteiger partial charge in [0.2, 0.25) is 5.91 Å². The first-order chi connectivity index (χ1) is 13.8. The number of nitro benzene ring substituents is 1. The van der Waals surface area contributed by atoms with E-state index >= 15 is 0 Å². The van der Waals surface area contributed by atoms with E-state index in [-0.39, 0.29) is 23.2 Å². The summed E-state index contributed by atoms with van der Waals surface area (Å²) >= 11 is 1.47. The third kappa shape index (κ3) is 5.41. The number of benzene rings is 2. The highest BCUT2D eigenvalue weighted by molar-refractivity contribution is 7.99. The normalized spacial score (nSPS) is 17.0. The smallest absolute Gasteiger partial charge is 0.269 e. The van der Waals surface area contributed by atoms with Crippen LogP contribution < -0.4 is 14.8 Å². The van der Waals surface area contributed by atoms with Gasteiger partial charge in [0.15, 0.2) is 0 Å². The van der Waals surface area contributed by atoms with Crippen LogP contribution in [0.4, 0.5) is 5.69 Å². The van der Waals surface area contributed by atoms with E-state index in [0.29, 0.717) is 17.9 Å². The molecule has 2 aromatic rings. The second kappa shape index (κ2) is 8.73. The zero-order valence-corrected chi connectivity index (χ0v) is 17.5. The van der Waals surface area contributed by atoms with Crippen molar-refractivity contribution < 1.29 is 19.2 Å². The number of thioether (sulfide) groups is 1. The maximum Gasteiger partial charge on any atom is 0.269 e. The van der Waals surface area contributed by atoms with Gasteiger partial charge in [-0.2, -0.15) is 0 Å². The molecular weight excluding hydrogens is 392 g/mol. The highest BCUT2D eigenvalue weighted by Gasteiger charge is 2.34. The Morgan fingerprint density at radius 2 is 2.03 bits per heavy atom. The molecule has 0 spiro atoms. The van der Waals surface area contributed by atoms with Crippen LogP contribution in [0.5, 0.6) is 11.5 Å². The lowest BCUT2D eigenvalue weighted by atomic mass is 9.89. The van der Waals surface area contributed by atoms with E-state index in [9.17, 15) is 14.9 Å². The highest BCUT2D eigenvalue weighted by Crippen LogP contribution is 2.41. The number of non-ortho nitro benzene ring substituents is 1. The van der Waals surface area contributed by atoms with Crippen molar-refractivity contribution in [2.24, 2.45) is 0 Å². The Morgan fingerprint density at radius 1 is 1.31 bits per heavy atom. The van der Waals surface area contributed by atoms with E-state index < -0.39 is 4.92 Å². The van der Waals surface area contributed by atoms with Gasteiger partial charge in [0.25, 0.3) is 5.69 Å². The molecule has 2 aromatic carbocycles. The third-order valence-electron chi connectivity index (χ3n) is 4.66. The summed E-state index contributed by atoms with van der Waals surface area (Å²) < 4.78 is 11.3. The van der Waals surface area contributed by atoms with Crippen LogP contribution in [0, 0.1) is 10.1 Å². The van der Waals surface area contributed by atoms with Crippen molar-refractivity contribution in [2.45, 2.75) is 37.7 Å². The van der Waals surface area contributed by atoms with Crippen LogP contribution in [0.15, 0.2) is 42.5 Å². The molecular formula is C21H24N2O5S. The first kappa shape index (κ1) is 21.0. The summed E-state index contributed by atoms with van der Waals surface area (Å²) in [5.41, 5.74) is 1.53. The number of ether oxygens (including phenoxy) is 2. The van der Waals surface area contributed by atoms with Crippen LogP contribution in [-0.4, -0.2) is 29.3 Å². The molecule has 1 aliphatic heterocycles. The highest BCUT2D eigenvalue weighted by atomic mass is 32.2. The van der Waals surface area contributed by atoms with Gasteiger partial charge < -0.3 is 14.8 Å². The SMILES string of the molecule is COc1ccc2c(c1)[C@@H](NC(=O)CSCc1ccc([N+](=O)[O-])cc1)CC(C)(C)O2. The van der Waals surface area contributed by atoms with E-state index in [1.807, 2.05) is 32.0 Å². The Morgan fingerprint density at radius 3 is 2.69 bits per heavy atom. The number of fused-ring (bicyclic) bond motifs is 1. The molecule has 0 fully saturated rings. The summed E-state index contributed by atoms with van der Waals surface area (Å²) in [6, 6.07) is 11.8. The molecule has 29 heavy (non-hydrogen) atoms. The first-order valence-electron chi connectivity index (χ1n) is 9.25. The summed E-state index contributed by atoms with van der Waals surface area (Å²) in [6.07, 6.45) is 0.659. The van der Waals surface area contributed by atoms with Crippen molar-refractivity contribution in [1.29, 1.82) is 0 Å². The van der Waals surface area contributed by atoms with Gasteiger partial charge in [-0.15, -0.1) is 11.8 Å².